The molecule has 0 amide bonds. The molecule has 0 aliphatic rings. The Morgan fingerprint density at radius 2 is 1.60 bits per heavy atom. The Bertz CT molecular complexity index is 940. The van der Waals surface area contributed by atoms with E-state index in [0.717, 1.165) is 12.2 Å². The molecule has 3 rings (SSSR count). The average Bonchev–Trinajstić information content (AvgIpc) is 2.79. The van der Waals surface area contributed by atoms with Crippen LogP contribution in [0.5, 0.6) is 11.5 Å². The van der Waals surface area contributed by atoms with Crippen molar-refractivity contribution in [3.8, 4) is 11.5 Å². The van der Waals surface area contributed by atoms with Gasteiger partial charge in [-0.15, -0.1) is 5.11 Å². The minimum Gasteiger partial charge on any atom is -0.494 e. The molecule has 154 valence electrons. The van der Waals surface area contributed by atoms with Crippen molar-refractivity contribution in [3.63, 3.8) is 0 Å². The standard InChI is InChI=1S/C24H25N3O3/c1-2-3-4-5-17-29-22-12-8-19(9-13-22)24(28)30-23-14-10-20(11-15-23)26-27-21-7-6-16-25-18-21/h6-16,18H,2-5,17H2,1H3. The predicted molar refractivity (Wildman–Crippen MR) is 116 cm³/mol. The normalized spacial score (nSPS) is 10.8. The Morgan fingerprint density at radius 1 is 0.867 bits per heavy atom. The molecule has 0 spiro atoms. The van der Waals surface area contributed by atoms with Gasteiger partial charge in [0.2, 0.25) is 0 Å². The number of pyridine rings is 1. The van der Waals surface area contributed by atoms with Crippen LogP contribution in [0.3, 0.4) is 0 Å². The van der Waals surface area contributed by atoms with Crippen LogP contribution in [0, 0.1) is 0 Å². The molecular weight excluding hydrogens is 378 g/mol. The summed E-state index contributed by atoms with van der Waals surface area (Å²) in [6, 6.07) is 17.4. The highest BCUT2D eigenvalue weighted by atomic mass is 16.5. The molecule has 3 aromatic rings. The second-order valence-electron chi connectivity index (χ2n) is 6.73. The molecule has 6 heteroatoms. The summed E-state index contributed by atoms with van der Waals surface area (Å²) in [5, 5.41) is 8.24. The highest BCUT2D eigenvalue weighted by Crippen LogP contribution is 2.22. The Kier molecular flexibility index (Phi) is 8.09. The number of carbonyl (C=O) groups is 1. The molecule has 0 saturated carbocycles. The van der Waals surface area contributed by atoms with Gasteiger partial charge in [0.15, 0.2) is 0 Å². The van der Waals surface area contributed by atoms with Gasteiger partial charge in [0.25, 0.3) is 0 Å². The van der Waals surface area contributed by atoms with E-state index in [1.54, 1.807) is 67.0 Å². The second kappa shape index (κ2) is 11.5. The van der Waals surface area contributed by atoms with E-state index >= 15 is 0 Å². The van der Waals surface area contributed by atoms with E-state index in [1.807, 2.05) is 6.07 Å². The van der Waals surface area contributed by atoms with Gasteiger partial charge in [-0.3, -0.25) is 4.98 Å². The van der Waals surface area contributed by atoms with Crippen LogP contribution in [0.25, 0.3) is 0 Å². The number of hydrogen-bond donors (Lipinski definition) is 0. The summed E-state index contributed by atoms with van der Waals surface area (Å²) in [6.45, 7) is 2.87. The van der Waals surface area contributed by atoms with Gasteiger partial charge in [-0.1, -0.05) is 26.2 Å². The lowest BCUT2D eigenvalue weighted by Crippen LogP contribution is -2.08. The van der Waals surface area contributed by atoms with Crippen LogP contribution in [0.2, 0.25) is 0 Å². The fraction of sp³-hybridized carbons (Fsp3) is 0.250. The van der Waals surface area contributed by atoms with E-state index in [4.69, 9.17) is 9.47 Å². The third-order valence-electron chi connectivity index (χ3n) is 4.33. The molecule has 0 unspecified atom stereocenters. The zero-order valence-corrected chi connectivity index (χ0v) is 17.0. The Morgan fingerprint density at radius 3 is 2.30 bits per heavy atom. The topological polar surface area (TPSA) is 73.1 Å². The van der Waals surface area contributed by atoms with Crippen molar-refractivity contribution in [2.24, 2.45) is 10.2 Å². The number of hydrogen-bond acceptors (Lipinski definition) is 6. The number of nitrogens with zero attached hydrogens (tertiary/aromatic N) is 3. The van der Waals surface area contributed by atoms with Crippen molar-refractivity contribution in [3.05, 3.63) is 78.6 Å². The maximum absolute atomic E-state index is 12.3. The Hall–Kier alpha value is -3.54. The lowest BCUT2D eigenvalue weighted by molar-refractivity contribution is 0.0734. The predicted octanol–water partition coefficient (Wildman–Crippen LogP) is 6.68. The third kappa shape index (κ3) is 6.81. The summed E-state index contributed by atoms with van der Waals surface area (Å²) in [5.74, 6) is 0.775. The SMILES string of the molecule is CCCCCCOc1ccc(C(=O)Oc2ccc(N=Nc3cccnc3)cc2)cc1. The Labute approximate surface area is 176 Å². The van der Waals surface area contributed by atoms with Crippen LogP contribution in [0.15, 0.2) is 83.3 Å². The molecule has 0 fully saturated rings. The number of azo groups is 1. The first-order valence-corrected chi connectivity index (χ1v) is 10.1. The smallest absolute Gasteiger partial charge is 0.343 e. The number of benzene rings is 2. The number of aromatic nitrogens is 1. The highest BCUT2D eigenvalue weighted by molar-refractivity contribution is 5.91. The van der Waals surface area contributed by atoms with Crippen molar-refractivity contribution < 1.29 is 14.3 Å². The van der Waals surface area contributed by atoms with Gasteiger partial charge in [-0.05, 0) is 67.1 Å². The summed E-state index contributed by atoms with van der Waals surface area (Å²) in [7, 11) is 0. The van der Waals surface area contributed by atoms with E-state index in [-0.39, 0.29) is 0 Å². The van der Waals surface area contributed by atoms with E-state index in [1.165, 1.54) is 19.3 Å². The first-order valence-electron chi connectivity index (χ1n) is 10.1. The van der Waals surface area contributed by atoms with Gasteiger partial charge in [0.1, 0.15) is 17.2 Å². The number of esters is 1. The average molecular weight is 403 g/mol. The quantitative estimate of drug-likeness (QED) is 0.164. The maximum Gasteiger partial charge on any atom is 0.343 e. The highest BCUT2D eigenvalue weighted by Gasteiger charge is 2.09. The molecule has 2 aromatic carbocycles. The van der Waals surface area contributed by atoms with Crippen molar-refractivity contribution in [1.29, 1.82) is 0 Å². The largest absolute Gasteiger partial charge is 0.494 e. The first kappa shape index (κ1) is 21.2. The molecule has 0 bridgehead atoms. The van der Waals surface area contributed by atoms with E-state index in [9.17, 15) is 4.79 Å². The number of unbranched alkanes of at least 4 members (excludes halogenated alkanes) is 3. The third-order valence-corrected chi connectivity index (χ3v) is 4.33. The Balaban J connectivity index is 1.50. The number of ether oxygens (including phenoxy) is 2. The van der Waals surface area contributed by atoms with Crippen LogP contribution in [-0.2, 0) is 0 Å². The van der Waals surface area contributed by atoms with Crippen LogP contribution >= 0.6 is 0 Å². The lowest BCUT2D eigenvalue weighted by Gasteiger charge is -2.07. The molecule has 6 nitrogen and oxygen atoms in total. The van der Waals surface area contributed by atoms with E-state index in [0.29, 0.717) is 29.3 Å². The summed E-state index contributed by atoms with van der Waals surface area (Å²) in [6.07, 6.45) is 7.94. The molecule has 30 heavy (non-hydrogen) atoms. The zero-order chi connectivity index (χ0) is 21.0. The van der Waals surface area contributed by atoms with Crippen LogP contribution in [0.1, 0.15) is 43.0 Å². The molecule has 0 aliphatic carbocycles. The van der Waals surface area contributed by atoms with Crippen LogP contribution in [0.4, 0.5) is 11.4 Å². The minimum atomic E-state index is -0.422. The summed E-state index contributed by atoms with van der Waals surface area (Å²) >= 11 is 0. The van der Waals surface area contributed by atoms with Gasteiger partial charge in [-0.25, -0.2) is 4.79 Å². The molecule has 1 aromatic heterocycles. The zero-order valence-electron chi connectivity index (χ0n) is 17.0. The molecule has 0 aliphatic heterocycles. The van der Waals surface area contributed by atoms with Crippen LogP contribution in [-0.4, -0.2) is 17.6 Å². The second-order valence-corrected chi connectivity index (χ2v) is 6.73. The van der Waals surface area contributed by atoms with Crippen molar-refractivity contribution in [1.82, 2.24) is 4.98 Å². The summed E-state index contributed by atoms with van der Waals surface area (Å²) < 4.78 is 11.1. The lowest BCUT2D eigenvalue weighted by atomic mass is 10.2. The maximum atomic E-state index is 12.3. The van der Waals surface area contributed by atoms with Gasteiger partial charge >= 0.3 is 5.97 Å². The number of rotatable bonds is 10. The van der Waals surface area contributed by atoms with Gasteiger partial charge in [0.05, 0.1) is 24.1 Å². The fourth-order valence-corrected chi connectivity index (χ4v) is 2.68. The molecule has 0 N–H and O–H groups in total. The molecular formula is C24H25N3O3. The van der Waals surface area contributed by atoms with Gasteiger partial charge in [-0.2, -0.15) is 5.11 Å². The van der Waals surface area contributed by atoms with E-state index < -0.39 is 5.97 Å². The van der Waals surface area contributed by atoms with Crippen molar-refractivity contribution >= 4 is 17.3 Å². The number of carbonyl (C=O) groups excluding carboxylic acids is 1. The monoisotopic (exact) mass is 403 g/mol. The molecule has 1 heterocycles. The first-order chi connectivity index (χ1) is 14.7. The van der Waals surface area contributed by atoms with Crippen molar-refractivity contribution in [2.75, 3.05) is 6.61 Å². The van der Waals surface area contributed by atoms with E-state index in [2.05, 4.69) is 22.1 Å². The van der Waals surface area contributed by atoms with Gasteiger partial charge in [0, 0.05) is 6.20 Å². The fourth-order valence-electron chi connectivity index (χ4n) is 2.68. The van der Waals surface area contributed by atoms with Gasteiger partial charge < -0.3 is 9.47 Å². The van der Waals surface area contributed by atoms with Crippen LogP contribution < -0.4 is 9.47 Å². The molecule has 0 saturated heterocycles. The summed E-state index contributed by atoms with van der Waals surface area (Å²) in [5.41, 5.74) is 1.79. The molecule has 0 atom stereocenters. The summed E-state index contributed by atoms with van der Waals surface area (Å²) in [4.78, 5) is 16.3. The van der Waals surface area contributed by atoms with Crippen molar-refractivity contribution in [2.45, 2.75) is 32.6 Å². The molecule has 0 radical (unpaired) electrons. The minimum absolute atomic E-state index is 0.422.